The van der Waals surface area contributed by atoms with Crippen molar-refractivity contribution in [3.05, 3.63) is 59.8 Å². The molecule has 3 nitrogen and oxygen atoms in total. The van der Waals surface area contributed by atoms with Gasteiger partial charge in [0.15, 0.2) is 0 Å². The van der Waals surface area contributed by atoms with E-state index >= 15 is 0 Å². The van der Waals surface area contributed by atoms with E-state index in [4.69, 9.17) is 0 Å². The number of fused-ring (bicyclic) bond motifs is 1. The van der Waals surface area contributed by atoms with Crippen LogP contribution in [0.2, 0.25) is 0 Å². The Bertz CT molecular complexity index is 703. The smallest absolute Gasteiger partial charge is 0.349 e. The van der Waals surface area contributed by atoms with Crippen LogP contribution in [0.4, 0.5) is 19.0 Å². The van der Waals surface area contributed by atoms with Gasteiger partial charge in [-0.15, -0.1) is 0 Å². The quantitative estimate of drug-likeness (QED) is 0.828. The zero-order chi connectivity index (χ0) is 18.0. The van der Waals surface area contributed by atoms with Gasteiger partial charge in [-0.25, -0.2) is 4.98 Å². The highest BCUT2D eigenvalue weighted by Crippen LogP contribution is 2.39. The fourth-order valence-electron chi connectivity index (χ4n) is 3.36. The molecular weight excluding hydrogens is 327 g/mol. The molecule has 2 atom stereocenters. The highest BCUT2D eigenvalue weighted by Gasteiger charge is 2.51. The normalized spacial score (nSPS) is 22.2. The lowest BCUT2D eigenvalue weighted by atomic mass is 9.85. The van der Waals surface area contributed by atoms with Gasteiger partial charge in [0.2, 0.25) is 0 Å². The Labute approximate surface area is 146 Å². The number of pyridine rings is 1. The first-order valence-electron chi connectivity index (χ1n) is 8.60. The van der Waals surface area contributed by atoms with Crippen LogP contribution in [0.3, 0.4) is 0 Å². The fourth-order valence-corrected chi connectivity index (χ4v) is 3.36. The minimum absolute atomic E-state index is 0.287. The molecule has 0 radical (unpaired) electrons. The van der Waals surface area contributed by atoms with Crippen LogP contribution in [-0.2, 0) is 12.7 Å². The van der Waals surface area contributed by atoms with Crippen molar-refractivity contribution in [2.45, 2.75) is 38.7 Å². The molecule has 0 N–H and O–H groups in total. The van der Waals surface area contributed by atoms with Crippen molar-refractivity contribution >= 4 is 5.82 Å². The number of rotatable bonds is 3. The summed E-state index contributed by atoms with van der Waals surface area (Å²) in [6, 6.07) is 13.1. The lowest BCUT2D eigenvalue weighted by Crippen LogP contribution is -2.78. The van der Waals surface area contributed by atoms with E-state index < -0.39 is 11.7 Å². The van der Waals surface area contributed by atoms with E-state index in [9.17, 15) is 13.2 Å². The van der Waals surface area contributed by atoms with Crippen LogP contribution in [-0.4, -0.2) is 35.1 Å². The van der Waals surface area contributed by atoms with Crippen molar-refractivity contribution < 1.29 is 13.2 Å². The molecule has 0 aliphatic carbocycles. The molecule has 1 aromatic heterocycles. The minimum atomic E-state index is -4.32. The molecule has 134 valence electrons. The first-order chi connectivity index (χ1) is 12.0. The molecule has 2 aliphatic rings. The van der Waals surface area contributed by atoms with Gasteiger partial charge in [0.1, 0.15) is 5.82 Å². The number of aromatic nitrogens is 1. The number of alkyl halides is 3. The fraction of sp³-hybridized carbons (Fsp3) is 0.421. The van der Waals surface area contributed by atoms with Crippen LogP contribution in [0, 0.1) is 0 Å². The largest absolute Gasteiger partial charge is 0.416 e. The summed E-state index contributed by atoms with van der Waals surface area (Å²) in [7, 11) is 0. The van der Waals surface area contributed by atoms with Crippen molar-refractivity contribution in [1.29, 1.82) is 0 Å². The van der Waals surface area contributed by atoms with E-state index in [1.165, 1.54) is 11.8 Å². The first kappa shape index (κ1) is 17.7. The molecule has 2 saturated heterocycles. The molecule has 6 heteroatoms. The van der Waals surface area contributed by atoms with Gasteiger partial charge < -0.3 is 4.90 Å². The number of nitrogens with zero attached hydrogens (tertiary/aromatic N) is 3. The number of anilines is 1. The Morgan fingerprint density at radius 1 is 1.04 bits per heavy atom. The Hall–Kier alpha value is -2.08. The molecule has 2 aromatic rings. The van der Waals surface area contributed by atoms with E-state index in [1.807, 2.05) is 36.9 Å². The Balaban J connectivity index is 0.000000880. The van der Waals surface area contributed by atoms with Crippen LogP contribution in [0.5, 0.6) is 0 Å². The SMILES string of the molecule is CC.FC(F)(F)c1ccnc(N2CC3[C@@H]2CN3Cc2ccccc2)c1. The number of halogens is 3. The van der Waals surface area contributed by atoms with E-state index in [-0.39, 0.29) is 6.04 Å². The molecule has 2 fully saturated rings. The van der Waals surface area contributed by atoms with Crippen LogP contribution < -0.4 is 4.90 Å². The second-order valence-corrected chi connectivity index (χ2v) is 6.10. The minimum Gasteiger partial charge on any atom is -0.349 e. The van der Waals surface area contributed by atoms with Crippen molar-refractivity contribution in [3.8, 4) is 0 Å². The molecular formula is C19H22F3N3. The molecule has 25 heavy (non-hydrogen) atoms. The molecule has 0 bridgehead atoms. The summed E-state index contributed by atoms with van der Waals surface area (Å²) in [6.07, 6.45) is -3.08. The summed E-state index contributed by atoms with van der Waals surface area (Å²) in [5.74, 6) is 0.431. The van der Waals surface area contributed by atoms with Gasteiger partial charge in [-0.2, -0.15) is 13.2 Å². The van der Waals surface area contributed by atoms with Crippen molar-refractivity contribution in [1.82, 2.24) is 9.88 Å². The summed E-state index contributed by atoms with van der Waals surface area (Å²) in [5, 5.41) is 0. The molecule has 3 heterocycles. The summed E-state index contributed by atoms with van der Waals surface area (Å²) < 4.78 is 38.4. The maximum Gasteiger partial charge on any atom is 0.416 e. The Kier molecular flexibility index (Phi) is 4.99. The number of likely N-dealkylation sites (tertiary alicyclic amines) is 1. The Morgan fingerprint density at radius 3 is 2.36 bits per heavy atom. The number of hydrogen-bond donors (Lipinski definition) is 0. The van der Waals surface area contributed by atoms with E-state index in [0.29, 0.717) is 11.9 Å². The van der Waals surface area contributed by atoms with Gasteiger partial charge in [0, 0.05) is 31.9 Å². The highest BCUT2D eigenvalue weighted by molar-refractivity contribution is 5.49. The van der Waals surface area contributed by atoms with Crippen LogP contribution in [0.25, 0.3) is 0 Å². The van der Waals surface area contributed by atoms with Gasteiger partial charge >= 0.3 is 6.18 Å². The van der Waals surface area contributed by atoms with Crippen molar-refractivity contribution in [2.24, 2.45) is 0 Å². The monoisotopic (exact) mass is 349 g/mol. The third-order valence-electron chi connectivity index (χ3n) is 4.71. The third kappa shape index (κ3) is 3.49. The highest BCUT2D eigenvalue weighted by atomic mass is 19.4. The number of benzene rings is 1. The van der Waals surface area contributed by atoms with E-state index in [0.717, 1.165) is 31.8 Å². The van der Waals surface area contributed by atoms with Gasteiger partial charge in [0.25, 0.3) is 0 Å². The summed E-state index contributed by atoms with van der Waals surface area (Å²) in [6.45, 7) is 6.51. The molecule has 1 unspecified atom stereocenters. The van der Waals surface area contributed by atoms with Crippen molar-refractivity contribution in [2.75, 3.05) is 18.0 Å². The van der Waals surface area contributed by atoms with E-state index in [1.54, 1.807) is 0 Å². The topological polar surface area (TPSA) is 19.4 Å². The molecule has 2 aliphatic heterocycles. The van der Waals surface area contributed by atoms with Gasteiger partial charge in [0.05, 0.1) is 11.6 Å². The second-order valence-electron chi connectivity index (χ2n) is 6.10. The standard InChI is InChI=1S/C17H16F3N3.C2H6/c18-17(19,20)13-6-7-21-16(8-13)23-11-14-15(23)10-22(14)9-12-4-2-1-3-5-12;1-2/h1-8,14-15H,9-11H2;1-2H3/t14?,15-;/m0./s1. The van der Waals surface area contributed by atoms with Crippen LogP contribution >= 0.6 is 0 Å². The molecule has 0 amide bonds. The summed E-state index contributed by atoms with van der Waals surface area (Å²) in [5.41, 5.74) is 0.632. The average molecular weight is 349 g/mol. The van der Waals surface area contributed by atoms with E-state index in [2.05, 4.69) is 22.0 Å². The third-order valence-corrected chi connectivity index (χ3v) is 4.71. The number of hydrogen-bond acceptors (Lipinski definition) is 3. The van der Waals surface area contributed by atoms with Gasteiger partial charge in [-0.05, 0) is 17.7 Å². The Morgan fingerprint density at radius 2 is 1.76 bits per heavy atom. The van der Waals surface area contributed by atoms with Gasteiger partial charge in [-0.1, -0.05) is 44.2 Å². The molecule has 4 rings (SSSR count). The van der Waals surface area contributed by atoms with Crippen LogP contribution in [0.1, 0.15) is 25.0 Å². The summed E-state index contributed by atoms with van der Waals surface area (Å²) >= 11 is 0. The number of piperazine rings is 1. The zero-order valence-corrected chi connectivity index (χ0v) is 14.4. The summed E-state index contributed by atoms with van der Waals surface area (Å²) in [4.78, 5) is 8.45. The predicted molar refractivity (Wildman–Crippen MR) is 92.4 cm³/mol. The zero-order valence-electron chi connectivity index (χ0n) is 14.4. The van der Waals surface area contributed by atoms with Crippen LogP contribution in [0.15, 0.2) is 48.7 Å². The molecule has 0 saturated carbocycles. The van der Waals surface area contributed by atoms with Crippen molar-refractivity contribution in [3.63, 3.8) is 0 Å². The molecule has 1 aromatic carbocycles. The van der Waals surface area contributed by atoms with Gasteiger partial charge in [-0.3, -0.25) is 4.90 Å². The lowest BCUT2D eigenvalue weighted by Gasteiger charge is -2.62. The lowest BCUT2D eigenvalue weighted by molar-refractivity contribution is -0.137. The predicted octanol–water partition coefficient (Wildman–Crippen LogP) is 4.20. The first-order valence-corrected chi connectivity index (χ1v) is 8.60. The maximum atomic E-state index is 12.8. The maximum absolute atomic E-state index is 12.8. The average Bonchev–Trinajstić information content (AvgIpc) is 2.61. The second kappa shape index (κ2) is 7.04. The molecule has 0 spiro atoms.